The van der Waals surface area contributed by atoms with E-state index in [0.29, 0.717) is 30.2 Å². The molecule has 2 heterocycles. The van der Waals surface area contributed by atoms with Gasteiger partial charge in [0.05, 0.1) is 29.7 Å². The Kier molecular flexibility index (Phi) is 8.47. The molecule has 0 radical (unpaired) electrons. The summed E-state index contributed by atoms with van der Waals surface area (Å²) in [7, 11) is 2.00. The number of benzene rings is 2. The van der Waals surface area contributed by atoms with Crippen LogP contribution in [0.1, 0.15) is 52.3 Å². The molecule has 1 N–H and O–H groups in total. The van der Waals surface area contributed by atoms with Gasteiger partial charge in [-0.25, -0.2) is 4.98 Å². The maximum atomic E-state index is 12.6. The van der Waals surface area contributed by atoms with Crippen LogP contribution in [0.25, 0.3) is 11.0 Å². The molecule has 200 valence electrons. The number of imidazole rings is 1. The van der Waals surface area contributed by atoms with E-state index >= 15 is 0 Å². The van der Waals surface area contributed by atoms with Crippen molar-refractivity contribution in [1.29, 1.82) is 0 Å². The van der Waals surface area contributed by atoms with Crippen molar-refractivity contribution < 1.29 is 9.53 Å². The lowest BCUT2D eigenvalue weighted by molar-refractivity contribution is -0.119. The second kappa shape index (κ2) is 11.8. The van der Waals surface area contributed by atoms with Gasteiger partial charge in [0.25, 0.3) is 0 Å². The molecule has 38 heavy (non-hydrogen) atoms. The number of hydrogen-bond acceptors (Lipinski definition) is 6. The Morgan fingerprint density at radius 1 is 1.05 bits per heavy atom. The van der Waals surface area contributed by atoms with Crippen LogP contribution in [-0.4, -0.2) is 44.9 Å². The summed E-state index contributed by atoms with van der Waals surface area (Å²) in [4.78, 5) is 23.9. The highest BCUT2D eigenvalue weighted by molar-refractivity contribution is 5.83. The minimum atomic E-state index is 0.0707. The largest absolute Gasteiger partial charge is 0.457 e. The summed E-state index contributed by atoms with van der Waals surface area (Å²) in [6, 6.07) is 18.0. The number of nitrogens with zero attached hydrogens (tertiary/aromatic N) is 4. The fourth-order valence-electron chi connectivity index (χ4n) is 4.47. The molecular formula is C31H39N5O2. The number of carbonyl (C=O) groups is 1. The molecule has 2 aromatic carbocycles. The summed E-state index contributed by atoms with van der Waals surface area (Å²) in [5, 5.41) is 3.46. The Hall–Kier alpha value is -3.71. The average molecular weight is 514 g/mol. The zero-order valence-corrected chi connectivity index (χ0v) is 23.4. The van der Waals surface area contributed by atoms with Gasteiger partial charge in [0.15, 0.2) is 5.78 Å². The van der Waals surface area contributed by atoms with Crippen molar-refractivity contribution in [3.63, 3.8) is 0 Å². The third-order valence-electron chi connectivity index (χ3n) is 6.63. The number of nitrogens with one attached hydrogen (secondary N) is 1. The van der Waals surface area contributed by atoms with Gasteiger partial charge in [-0.3, -0.25) is 14.7 Å². The Morgan fingerprint density at radius 3 is 2.58 bits per heavy atom. The van der Waals surface area contributed by atoms with Gasteiger partial charge in [-0.2, -0.15) is 0 Å². The summed E-state index contributed by atoms with van der Waals surface area (Å²) >= 11 is 0. The van der Waals surface area contributed by atoms with E-state index in [1.54, 1.807) is 12.3 Å². The fourth-order valence-corrected chi connectivity index (χ4v) is 4.47. The van der Waals surface area contributed by atoms with Crippen LogP contribution in [0, 0.1) is 0 Å². The van der Waals surface area contributed by atoms with Crippen LogP contribution in [0.3, 0.4) is 0 Å². The Labute approximate surface area is 225 Å². The van der Waals surface area contributed by atoms with E-state index in [-0.39, 0.29) is 11.2 Å². The van der Waals surface area contributed by atoms with Crippen LogP contribution in [0.15, 0.2) is 60.8 Å². The van der Waals surface area contributed by atoms with Crippen molar-refractivity contribution in [2.75, 3.05) is 25.0 Å². The van der Waals surface area contributed by atoms with Gasteiger partial charge in [-0.05, 0) is 60.8 Å². The smallest absolute Gasteiger partial charge is 0.208 e. The van der Waals surface area contributed by atoms with Gasteiger partial charge in [-0.15, -0.1) is 0 Å². The minimum Gasteiger partial charge on any atom is -0.457 e. The Balaban J connectivity index is 1.47. The second-order valence-electron chi connectivity index (χ2n) is 10.8. The molecule has 0 aliphatic rings. The highest BCUT2D eigenvalue weighted by Crippen LogP contribution is 2.30. The molecule has 0 aliphatic carbocycles. The first-order valence-electron chi connectivity index (χ1n) is 13.4. The number of ketones is 1. The van der Waals surface area contributed by atoms with E-state index in [9.17, 15) is 4.79 Å². The van der Waals surface area contributed by atoms with Crippen LogP contribution in [-0.2, 0) is 23.7 Å². The van der Waals surface area contributed by atoms with E-state index in [4.69, 9.17) is 9.72 Å². The molecule has 7 heteroatoms. The van der Waals surface area contributed by atoms with Gasteiger partial charge in [0.2, 0.25) is 5.95 Å². The molecule has 0 atom stereocenters. The predicted octanol–water partition coefficient (Wildman–Crippen LogP) is 6.65. The molecule has 0 spiro atoms. The predicted molar refractivity (Wildman–Crippen MR) is 155 cm³/mol. The first-order valence-corrected chi connectivity index (χ1v) is 13.4. The maximum absolute atomic E-state index is 12.6. The standard InChI is InChI=1S/C31H39N5O2/c1-7-16-36(8-2)21-25(37)18-24-19-27(14-15-32-24)38-26-12-13-29-28(20-26)34-30(35(29)6)33-23-11-9-10-22(17-23)31(3,4)5/h9-15,17,19-20H,7-8,16,18,21H2,1-6H3,(H,33,34). The number of hydrogen-bond donors (Lipinski definition) is 1. The van der Waals surface area contributed by atoms with Crippen LogP contribution >= 0.6 is 0 Å². The summed E-state index contributed by atoms with van der Waals surface area (Å²) in [6.07, 6.45) is 3.02. The third-order valence-corrected chi connectivity index (χ3v) is 6.63. The number of pyridine rings is 1. The number of likely N-dealkylation sites (N-methyl/N-ethyl adjacent to an activating group) is 1. The first kappa shape index (κ1) is 27.3. The van der Waals surface area contributed by atoms with Crippen molar-refractivity contribution in [3.8, 4) is 11.5 Å². The molecule has 7 nitrogen and oxygen atoms in total. The van der Waals surface area contributed by atoms with Gasteiger partial charge in [0.1, 0.15) is 11.5 Å². The fraction of sp³-hybridized carbons (Fsp3) is 0.387. The Bertz CT molecular complexity index is 1400. The highest BCUT2D eigenvalue weighted by atomic mass is 16.5. The lowest BCUT2D eigenvalue weighted by Crippen LogP contribution is -2.31. The summed E-state index contributed by atoms with van der Waals surface area (Å²) in [5.41, 5.74) is 4.88. The number of aryl methyl sites for hydroxylation is 1. The SMILES string of the molecule is CCCN(CC)CC(=O)Cc1cc(Oc2ccc3c(c2)nc(Nc2cccc(C(C)(C)C)c2)n3C)ccn1. The van der Waals surface area contributed by atoms with Gasteiger partial charge in [-0.1, -0.05) is 46.8 Å². The molecule has 4 rings (SSSR count). The second-order valence-corrected chi connectivity index (χ2v) is 10.8. The highest BCUT2D eigenvalue weighted by Gasteiger charge is 2.15. The molecule has 0 aliphatic heterocycles. The van der Waals surface area contributed by atoms with Crippen molar-refractivity contribution in [3.05, 3.63) is 72.1 Å². The van der Waals surface area contributed by atoms with Crippen molar-refractivity contribution >= 4 is 28.5 Å². The van der Waals surface area contributed by atoms with Crippen molar-refractivity contribution in [1.82, 2.24) is 19.4 Å². The van der Waals surface area contributed by atoms with Gasteiger partial charge < -0.3 is 14.6 Å². The minimum absolute atomic E-state index is 0.0707. The zero-order chi connectivity index (χ0) is 27.3. The molecule has 2 aromatic heterocycles. The summed E-state index contributed by atoms with van der Waals surface area (Å²) < 4.78 is 8.18. The molecular weight excluding hydrogens is 474 g/mol. The number of fused-ring (bicyclic) bond motifs is 1. The number of anilines is 2. The zero-order valence-electron chi connectivity index (χ0n) is 23.4. The van der Waals surface area contributed by atoms with Crippen LogP contribution in [0.2, 0.25) is 0 Å². The number of Topliss-reactive ketones (excluding diaryl/α,β-unsaturated/α-hetero) is 1. The topological polar surface area (TPSA) is 72.3 Å². The van der Waals surface area contributed by atoms with Crippen LogP contribution in [0.5, 0.6) is 11.5 Å². The lowest BCUT2D eigenvalue weighted by atomic mass is 9.87. The summed E-state index contributed by atoms with van der Waals surface area (Å²) in [5.74, 6) is 2.25. The quantitative estimate of drug-likeness (QED) is 0.242. The number of rotatable bonds is 11. The van der Waals surface area contributed by atoms with E-state index in [0.717, 1.165) is 42.2 Å². The molecule has 0 saturated carbocycles. The van der Waals surface area contributed by atoms with Crippen LogP contribution < -0.4 is 10.1 Å². The monoisotopic (exact) mass is 513 g/mol. The molecule has 0 fully saturated rings. The maximum Gasteiger partial charge on any atom is 0.208 e. The number of ether oxygens (including phenoxy) is 1. The molecule has 0 unspecified atom stereocenters. The lowest BCUT2D eigenvalue weighted by Gasteiger charge is -2.20. The van der Waals surface area contributed by atoms with E-state index in [1.165, 1.54) is 5.56 Å². The van der Waals surface area contributed by atoms with Gasteiger partial charge in [0, 0.05) is 31.1 Å². The summed E-state index contributed by atoms with van der Waals surface area (Å²) in [6.45, 7) is 13.1. The molecule has 0 bridgehead atoms. The van der Waals surface area contributed by atoms with E-state index in [2.05, 4.69) is 74.1 Å². The molecule has 0 saturated heterocycles. The first-order chi connectivity index (χ1) is 18.2. The normalized spacial score (nSPS) is 11.8. The third kappa shape index (κ3) is 6.78. The van der Waals surface area contributed by atoms with Gasteiger partial charge >= 0.3 is 0 Å². The Morgan fingerprint density at radius 2 is 1.84 bits per heavy atom. The number of aromatic nitrogens is 3. The average Bonchev–Trinajstić information content (AvgIpc) is 3.17. The van der Waals surface area contributed by atoms with E-state index < -0.39 is 0 Å². The van der Waals surface area contributed by atoms with E-state index in [1.807, 2.05) is 35.9 Å². The van der Waals surface area contributed by atoms with Crippen molar-refractivity contribution in [2.45, 2.75) is 52.9 Å². The number of carbonyl (C=O) groups excluding carboxylic acids is 1. The molecule has 4 aromatic rings. The van der Waals surface area contributed by atoms with Crippen molar-refractivity contribution in [2.24, 2.45) is 7.05 Å². The van der Waals surface area contributed by atoms with Crippen LogP contribution in [0.4, 0.5) is 11.6 Å². The molecule has 0 amide bonds.